The van der Waals surface area contributed by atoms with E-state index in [1.165, 1.54) is 0 Å². The summed E-state index contributed by atoms with van der Waals surface area (Å²) in [6.07, 6.45) is 6.02. The van der Waals surface area contributed by atoms with Crippen molar-refractivity contribution in [3.63, 3.8) is 0 Å². The molecule has 1 aromatic carbocycles. The molecule has 1 aliphatic rings. The molecule has 0 bridgehead atoms. The fourth-order valence-corrected chi connectivity index (χ4v) is 3.71. The predicted octanol–water partition coefficient (Wildman–Crippen LogP) is 3.57. The minimum absolute atomic E-state index is 0.0309. The van der Waals surface area contributed by atoms with E-state index in [-0.39, 0.29) is 11.9 Å². The van der Waals surface area contributed by atoms with Crippen LogP contribution in [0.3, 0.4) is 0 Å². The number of halogens is 1. The van der Waals surface area contributed by atoms with E-state index >= 15 is 0 Å². The van der Waals surface area contributed by atoms with Crippen molar-refractivity contribution in [2.24, 2.45) is 13.0 Å². The van der Waals surface area contributed by atoms with Gasteiger partial charge in [0, 0.05) is 30.2 Å². The Bertz CT molecular complexity index is 684. The summed E-state index contributed by atoms with van der Waals surface area (Å²) < 4.78 is 1.99. The van der Waals surface area contributed by atoms with Crippen molar-refractivity contribution < 1.29 is 4.79 Å². The fraction of sp³-hybridized carbons (Fsp3) is 0.412. The molecular formula is C17H20ClN3OS. The summed E-state index contributed by atoms with van der Waals surface area (Å²) in [5, 5.41) is 3.90. The smallest absolute Gasteiger partial charge is 0.230 e. The van der Waals surface area contributed by atoms with E-state index in [2.05, 4.69) is 10.3 Å². The Morgan fingerprint density at radius 2 is 2.26 bits per heavy atom. The van der Waals surface area contributed by atoms with Gasteiger partial charge < -0.3 is 9.88 Å². The summed E-state index contributed by atoms with van der Waals surface area (Å²) >= 11 is 7.71. The molecule has 0 saturated heterocycles. The number of imidazole rings is 1. The van der Waals surface area contributed by atoms with E-state index in [1.807, 2.05) is 42.1 Å². The van der Waals surface area contributed by atoms with Crippen LogP contribution in [0.4, 0.5) is 0 Å². The summed E-state index contributed by atoms with van der Waals surface area (Å²) in [4.78, 5) is 16.7. The van der Waals surface area contributed by atoms with Crippen LogP contribution in [0.25, 0.3) is 0 Å². The number of hydrogen-bond donors (Lipinski definition) is 1. The number of nitrogens with zero attached hydrogens (tertiary/aromatic N) is 2. The van der Waals surface area contributed by atoms with Gasteiger partial charge in [-0.1, -0.05) is 29.8 Å². The van der Waals surface area contributed by atoms with E-state index in [0.29, 0.717) is 11.7 Å². The molecule has 1 saturated carbocycles. The summed E-state index contributed by atoms with van der Waals surface area (Å²) in [5.41, 5.74) is 1.06. The van der Waals surface area contributed by atoms with E-state index in [9.17, 15) is 4.79 Å². The van der Waals surface area contributed by atoms with Crippen molar-refractivity contribution in [2.45, 2.75) is 24.6 Å². The molecule has 1 atom stereocenters. The molecule has 1 fully saturated rings. The number of aromatic nitrogens is 2. The second-order valence-corrected chi connectivity index (χ2v) is 7.26. The van der Waals surface area contributed by atoms with Gasteiger partial charge in [-0.3, -0.25) is 4.79 Å². The third-order valence-electron chi connectivity index (χ3n) is 4.00. The van der Waals surface area contributed by atoms with Crippen molar-refractivity contribution in [1.82, 2.24) is 14.9 Å². The SMILES string of the molecule is Cn1ccnc1C(NC(=O)CSCc1ccccc1Cl)C1CC1. The number of thioether (sulfide) groups is 1. The number of benzene rings is 1. The number of nitrogens with one attached hydrogen (secondary N) is 1. The Hall–Kier alpha value is -1.46. The number of carbonyl (C=O) groups excluding carboxylic acids is 1. The molecule has 4 nitrogen and oxygen atoms in total. The lowest BCUT2D eigenvalue weighted by Gasteiger charge is -2.18. The predicted molar refractivity (Wildman–Crippen MR) is 94.4 cm³/mol. The van der Waals surface area contributed by atoms with Crippen molar-refractivity contribution in [3.8, 4) is 0 Å². The minimum Gasteiger partial charge on any atom is -0.345 e. The number of hydrogen-bond acceptors (Lipinski definition) is 3. The molecule has 122 valence electrons. The van der Waals surface area contributed by atoms with Gasteiger partial charge in [0.2, 0.25) is 5.91 Å². The highest BCUT2D eigenvalue weighted by Gasteiger charge is 2.35. The van der Waals surface area contributed by atoms with E-state index in [0.717, 1.165) is 35.0 Å². The maximum atomic E-state index is 12.3. The molecule has 1 aliphatic carbocycles. The molecular weight excluding hydrogens is 330 g/mol. The number of rotatable bonds is 7. The molecule has 0 aliphatic heterocycles. The van der Waals surface area contributed by atoms with Crippen LogP contribution in [-0.2, 0) is 17.6 Å². The highest BCUT2D eigenvalue weighted by atomic mass is 35.5. The molecule has 1 N–H and O–H groups in total. The van der Waals surface area contributed by atoms with Gasteiger partial charge in [-0.05, 0) is 30.4 Å². The van der Waals surface area contributed by atoms with Crippen LogP contribution in [-0.4, -0.2) is 21.2 Å². The Labute approximate surface area is 145 Å². The zero-order valence-corrected chi connectivity index (χ0v) is 14.6. The quantitative estimate of drug-likeness (QED) is 0.831. The summed E-state index contributed by atoms with van der Waals surface area (Å²) in [6, 6.07) is 7.78. The van der Waals surface area contributed by atoms with Crippen molar-refractivity contribution in [1.29, 1.82) is 0 Å². The van der Waals surface area contributed by atoms with Gasteiger partial charge in [0.05, 0.1) is 11.8 Å². The fourth-order valence-electron chi connectivity index (χ4n) is 2.58. The van der Waals surface area contributed by atoms with E-state index < -0.39 is 0 Å². The lowest BCUT2D eigenvalue weighted by Crippen LogP contribution is -2.32. The lowest BCUT2D eigenvalue weighted by molar-refractivity contribution is -0.119. The monoisotopic (exact) mass is 349 g/mol. The first-order valence-electron chi connectivity index (χ1n) is 7.73. The zero-order chi connectivity index (χ0) is 16.2. The zero-order valence-electron chi connectivity index (χ0n) is 13.0. The molecule has 6 heteroatoms. The van der Waals surface area contributed by atoms with Gasteiger partial charge in [0.1, 0.15) is 5.82 Å². The third kappa shape index (κ3) is 4.30. The summed E-state index contributed by atoms with van der Waals surface area (Å²) in [7, 11) is 1.97. The van der Waals surface area contributed by atoms with Crippen molar-refractivity contribution in [3.05, 3.63) is 53.1 Å². The van der Waals surface area contributed by atoms with Gasteiger partial charge >= 0.3 is 0 Å². The largest absolute Gasteiger partial charge is 0.345 e. The Kier molecular flexibility index (Phi) is 5.28. The molecule has 3 rings (SSSR count). The summed E-state index contributed by atoms with van der Waals surface area (Å²) in [5.74, 6) is 2.69. The molecule has 1 unspecified atom stereocenters. The second kappa shape index (κ2) is 7.41. The highest BCUT2D eigenvalue weighted by molar-refractivity contribution is 7.99. The molecule has 0 radical (unpaired) electrons. The number of amides is 1. The molecule has 2 aromatic rings. The first-order chi connectivity index (χ1) is 11.1. The van der Waals surface area contributed by atoms with E-state index in [4.69, 9.17) is 11.6 Å². The lowest BCUT2D eigenvalue weighted by atomic mass is 10.1. The Morgan fingerprint density at radius 1 is 1.48 bits per heavy atom. The minimum atomic E-state index is 0.0309. The van der Waals surface area contributed by atoms with Gasteiger partial charge in [-0.2, -0.15) is 0 Å². The van der Waals surface area contributed by atoms with Crippen LogP contribution in [0, 0.1) is 5.92 Å². The second-order valence-electron chi connectivity index (χ2n) is 5.86. The van der Waals surface area contributed by atoms with Gasteiger partial charge in [-0.15, -0.1) is 11.8 Å². The maximum absolute atomic E-state index is 12.3. The van der Waals surface area contributed by atoms with Crippen molar-refractivity contribution >= 4 is 29.3 Å². The third-order valence-corrected chi connectivity index (χ3v) is 5.35. The normalized spacial score (nSPS) is 15.4. The highest BCUT2D eigenvalue weighted by Crippen LogP contribution is 2.40. The van der Waals surface area contributed by atoms with E-state index in [1.54, 1.807) is 18.0 Å². The van der Waals surface area contributed by atoms with Crippen LogP contribution in [0.15, 0.2) is 36.7 Å². The van der Waals surface area contributed by atoms with Crippen LogP contribution >= 0.6 is 23.4 Å². The Morgan fingerprint density at radius 3 is 2.91 bits per heavy atom. The van der Waals surface area contributed by atoms with Crippen LogP contribution < -0.4 is 5.32 Å². The molecule has 1 amide bonds. The molecule has 0 spiro atoms. The van der Waals surface area contributed by atoms with Crippen LogP contribution in [0.1, 0.15) is 30.3 Å². The molecule has 1 heterocycles. The average Bonchev–Trinajstić information content (AvgIpc) is 3.29. The number of carbonyl (C=O) groups is 1. The van der Waals surface area contributed by atoms with Crippen LogP contribution in [0.2, 0.25) is 5.02 Å². The summed E-state index contributed by atoms with van der Waals surface area (Å²) in [6.45, 7) is 0. The molecule has 23 heavy (non-hydrogen) atoms. The Balaban J connectivity index is 1.52. The van der Waals surface area contributed by atoms with Crippen LogP contribution in [0.5, 0.6) is 0 Å². The van der Waals surface area contributed by atoms with Gasteiger partial charge in [-0.25, -0.2) is 4.98 Å². The standard InChI is InChI=1S/C17H20ClN3OS/c1-21-9-8-19-17(21)16(12-6-7-12)20-15(22)11-23-10-13-4-2-3-5-14(13)18/h2-5,8-9,12,16H,6-7,10-11H2,1H3,(H,20,22). The van der Waals surface area contributed by atoms with Gasteiger partial charge in [0.15, 0.2) is 0 Å². The maximum Gasteiger partial charge on any atom is 0.230 e. The first-order valence-corrected chi connectivity index (χ1v) is 9.26. The van der Waals surface area contributed by atoms with Crippen molar-refractivity contribution in [2.75, 3.05) is 5.75 Å². The molecule has 1 aromatic heterocycles. The topological polar surface area (TPSA) is 46.9 Å². The average molecular weight is 350 g/mol. The van der Waals surface area contributed by atoms with Gasteiger partial charge in [0.25, 0.3) is 0 Å². The first kappa shape index (κ1) is 16.4. The number of aryl methyl sites for hydroxylation is 1.